The lowest BCUT2D eigenvalue weighted by molar-refractivity contribution is -0.129. The Morgan fingerprint density at radius 3 is 2.25 bits per heavy atom. The van der Waals surface area contributed by atoms with Gasteiger partial charge in [0, 0.05) is 29.8 Å². The second-order valence-electron chi connectivity index (χ2n) is 5.92. The summed E-state index contributed by atoms with van der Waals surface area (Å²) >= 11 is 0. The van der Waals surface area contributed by atoms with Gasteiger partial charge in [0.2, 0.25) is 11.8 Å². The summed E-state index contributed by atoms with van der Waals surface area (Å²) in [5.74, 6) is -0.738. The number of benzene rings is 1. The molecule has 1 aliphatic heterocycles. The van der Waals surface area contributed by atoms with Crippen molar-refractivity contribution in [3.8, 4) is 0 Å². The molecule has 124 valence electrons. The summed E-state index contributed by atoms with van der Waals surface area (Å²) in [6.45, 7) is 3.80. The molecule has 3 amide bonds. The van der Waals surface area contributed by atoms with Gasteiger partial charge in [-0.2, -0.15) is 0 Å². The molecule has 1 fully saturated rings. The van der Waals surface area contributed by atoms with Gasteiger partial charge in [0.1, 0.15) is 0 Å². The van der Waals surface area contributed by atoms with Crippen molar-refractivity contribution in [3.63, 3.8) is 0 Å². The largest absolute Gasteiger partial charge is 0.274 e. The van der Waals surface area contributed by atoms with Crippen LogP contribution in [0.3, 0.4) is 0 Å². The molecule has 1 saturated heterocycles. The van der Waals surface area contributed by atoms with E-state index in [4.69, 9.17) is 0 Å². The number of carbonyl (C=O) groups is 3. The number of imide groups is 1. The van der Waals surface area contributed by atoms with E-state index >= 15 is 0 Å². The molecular weight excluding hydrogens is 306 g/mol. The van der Waals surface area contributed by atoms with Crippen molar-refractivity contribution in [1.82, 2.24) is 4.68 Å². The van der Waals surface area contributed by atoms with Gasteiger partial charge in [-0.15, -0.1) is 0 Å². The molecule has 0 radical (unpaired) electrons. The highest BCUT2D eigenvalue weighted by Crippen LogP contribution is 2.23. The van der Waals surface area contributed by atoms with E-state index in [2.05, 4.69) is 5.43 Å². The number of carbonyl (C=O) groups excluding carboxylic acids is 3. The predicted octanol–water partition coefficient (Wildman–Crippen LogP) is 2.53. The van der Waals surface area contributed by atoms with Gasteiger partial charge in [0.05, 0.1) is 5.69 Å². The van der Waals surface area contributed by atoms with Crippen LogP contribution in [0.1, 0.15) is 41.0 Å². The fourth-order valence-corrected chi connectivity index (χ4v) is 2.84. The second kappa shape index (κ2) is 6.31. The number of rotatable bonds is 3. The molecule has 3 rings (SSSR count). The highest BCUT2D eigenvalue weighted by atomic mass is 16.2. The Kier molecular flexibility index (Phi) is 4.20. The zero-order valence-electron chi connectivity index (χ0n) is 13.7. The first-order valence-electron chi connectivity index (χ1n) is 7.89. The fourth-order valence-electron chi connectivity index (χ4n) is 2.84. The Morgan fingerprint density at radius 2 is 1.62 bits per heavy atom. The van der Waals surface area contributed by atoms with E-state index in [1.807, 2.05) is 26.0 Å². The third-order valence-electron chi connectivity index (χ3n) is 4.13. The molecule has 6 heteroatoms. The van der Waals surface area contributed by atoms with Crippen LogP contribution in [-0.4, -0.2) is 22.4 Å². The zero-order chi connectivity index (χ0) is 17.3. The van der Waals surface area contributed by atoms with E-state index in [1.165, 1.54) is 4.90 Å². The van der Waals surface area contributed by atoms with Crippen LogP contribution in [0.4, 0.5) is 5.69 Å². The molecule has 0 spiro atoms. The number of nitrogens with one attached hydrogen (secondary N) is 1. The molecule has 0 aliphatic carbocycles. The van der Waals surface area contributed by atoms with Crippen molar-refractivity contribution < 1.29 is 14.4 Å². The summed E-state index contributed by atoms with van der Waals surface area (Å²) in [6.07, 6.45) is 1.29. The van der Waals surface area contributed by atoms with Crippen LogP contribution in [0.2, 0.25) is 0 Å². The van der Waals surface area contributed by atoms with Crippen molar-refractivity contribution in [2.45, 2.75) is 33.1 Å². The molecule has 2 aromatic rings. The number of nitrogens with zero attached hydrogens (tertiary/aromatic N) is 2. The van der Waals surface area contributed by atoms with Crippen LogP contribution in [-0.2, 0) is 9.59 Å². The molecular formula is C18H19N3O3. The number of aromatic nitrogens is 1. The lowest BCUT2D eigenvalue weighted by atomic mass is 10.1. The summed E-state index contributed by atoms with van der Waals surface area (Å²) in [6, 6.07) is 10.4. The van der Waals surface area contributed by atoms with Gasteiger partial charge in [0.15, 0.2) is 0 Å². The number of anilines is 1. The lowest BCUT2D eigenvalue weighted by Crippen LogP contribution is -2.40. The third kappa shape index (κ3) is 2.95. The first-order valence-corrected chi connectivity index (χ1v) is 7.89. The van der Waals surface area contributed by atoms with Crippen molar-refractivity contribution in [3.05, 3.63) is 53.3 Å². The van der Waals surface area contributed by atoms with Gasteiger partial charge in [-0.05, 0) is 50.6 Å². The third-order valence-corrected chi connectivity index (χ3v) is 4.13. The van der Waals surface area contributed by atoms with Crippen LogP contribution in [0.15, 0.2) is 36.4 Å². The molecule has 0 bridgehead atoms. The normalized spacial score (nSPS) is 14.8. The minimum Gasteiger partial charge on any atom is -0.274 e. The Hall–Kier alpha value is -2.89. The first kappa shape index (κ1) is 16.0. The van der Waals surface area contributed by atoms with Crippen molar-refractivity contribution in [2.24, 2.45) is 0 Å². The maximum absolute atomic E-state index is 12.5. The van der Waals surface area contributed by atoms with Crippen LogP contribution in [0.25, 0.3) is 0 Å². The minimum atomic E-state index is -0.295. The van der Waals surface area contributed by atoms with Crippen molar-refractivity contribution >= 4 is 23.4 Å². The minimum absolute atomic E-state index is 0.221. The van der Waals surface area contributed by atoms with Crippen LogP contribution in [0, 0.1) is 13.8 Å². The maximum atomic E-state index is 12.5. The fraction of sp³-hybridized carbons (Fsp3) is 0.278. The van der Waals surface area contributed by atoms with Gasteiger partial charge in [-0.3, -0.25) is 29.4 Å². The number of amides is 3. The van der Waals surface area contributed by atoms with E-state index in [9.17, 15) is 14.4 Å². The predicted molar refractivity (Wildman–Crippen MR) is 90.4 cm³/mol. The summed E-state index contributed by atoms with van der Waals surface area (Å²) in [7, 11) is 0. The molecule has 0 saturated carbocycles. The second-order valence-corrected chi connectivity index (χ2v) is 5.92. The first-order chi connectivity index (χ1) is 11.5. The monoisotopic (exact) mass is 325 g/mol. The molecule has 1 aromatic heterocycles. The molecule has 24 heavy (non-hydrogen) atoms. The van der Waals surface area contributed by atoms with E-state index in [-0.39, 0.29) is 17.7 Å². The molecule has 1 aliphatic rings. The maximum Gasteiger partial charge on any atom is 0.270 e. The van der Waals surface area contributed by atoms with Crippen molar-refractivity contribution in [1.29, 1.82) is 0 Å². The Labute approximate surface area is 140 Å². The van der Waals surface area contributed by atoms with Crippen LogP contribution < -0.4 is 10.3 Å². The van der Waals surface area contributed by atoms with Crippen LogP contribution in [0.5, 0.6) is 0 Å². The molecule has 6 nitrogen and oxygen atoms in total. The van der Waals surface area contributed by atoms with Gasteiger partial charge in [-0.25, -0.2) is 0 Å². The zero-order valence-corrected chi connectivity index (χ0v) is 13.7. The van der Waals surface area contributed by atoms with Gasteiger partial charge in [0.25, 0.3) is 5.91 Å². The quantitative estimate of drug-likeness (QED) is 0.882. The lowest BCUT2D eigenvalue weighted by Gasteiger charge is -2.25. The SMILES string of the molecule is Cc1ccc(C)n1NC(=O)c1cccc(N2C(=O)CCCC2=O)c1. The summed E-state index contributed by atoms with van der Waals surface area (Å²) in [5.41, 5.74) is 5.48. The summed E-state index contributed by atoms with van der Waals surface area (Å²) in [4.78, 5) is 37.7. The average molecular weight is 325 g/mol. The Balaban J connectivity index is 1.86. The number of hydrogen-bond donors (Lipinski definition) is 1. The topological polar surface area (TPSA) is 71.4 Å². The molecule has 0 atom stereocenters. The van der Waals surface area contributed by atoms with E-state index in [0.29, 0.717) is 30.5 Å². The van der Waals surface area contributed by atoms with Crippen molar-refractivity contribution in [2.75, 3.05) is 10.3 Å². The molecule has 0 unspecified atom stereocenters. The number of aryl methyl sites for hydroxylation is 2. The summed E-state index contributed by atoms with van der Waals surface area (Å²) in [5, 5.41) is 0. The highest BCUT2D eigenvalue weighted by molar-refractivity contribution is 6.16. The van der Waals surface area contributed by atoms with Gasteiger partial charge < -0.3 is 0 Å². The van der Waals surface area contributed by atoms with Gasteiger partial charge >= 0.3 is 0 Å². The number of hydrogen-bond acceptors (Lipinski definition) is 3. The van der Waals surface area contributed by atoms with Gasteiger partial charge in [-0.1, -0.05) is 6.07 Å². The average Bonchev–Trinajstić information content (AvgIpc) is 2.87. The highest BCUT2D eigenvalue weighted by Gasteiger charge is 2.27. The molecule has 1 N–H and O–H groups in total. The molecule has 1 aromatic carbocycles. The Bertz CT molecular complexity index is 787. The van der Waals surface area contributed by atoms with E-state index < -0.39 is 0 Å². The molecule has 2 heterocycles. The summed E-state index contributed by atoms with van der Waals surface area (Å²) < 4.78 is 1.70. The van der Waals surface area contributed by atoms with E-state index in [0.717, 1.165) is 11.4 Å². The smallest absolute Gasteiger partial charge is 0.270 e. The Morgan fingerprint density at radius 1 is 1.00 bits per heavy atom. The standard InChI is InChI=1S/C18H19N3O3/c1-12-9-10-13(2)21(12)19-18(24)14-5-3-6-15(11-14)20-16(22)7-4-8-17(20)23/h3,5-6,9-11H,4,7-8H2,1-2H3,(H,19,24). The van der Waals surface area contributed by atoms with Crippen LogP contribution >= 0.6 is 0 Å². The number of piperidine rings is 1. The van der Waals surface area contributed by atoms with E-state index in [1.54, 1.807) is 28.9 Å².